The summed E-state index contributed by atoms with van der Waals surface area (Å²) in [6, 6.07) is 6.63. The Balaban J connectivity index is 3.11. The zero-order valence-corrected chi connectivity index (χ0v) is 10.8. The molecule has 0 aliphatic carbocycles. The summed E-state index contributed by atoms with van der Waals surface area (Å²) in [5, 5.41) is 0. The molecule has 1 rings (SSSR count). The lowest BCUT2D eigenvalue weighted by Crippen LogP contribution is -1.86. The standard InChI is InChI=1S/C14H17FS/c1-5-11(4)14(16-10(2)3)12-6-8-13(15)9-7-12/h6-9H,2,5H2,1,3-4H3/b14-11+. The van der Waals surface area contributed by atoms with Gasteiger partial charge in [0.05, 0.1) is 0 Å². The highest BCUT2D eigenvalue weighted by atomic mass is 32.2. The van der Waals surface area contributed by atoms with Crippen molar-refractivity contribution >= 4 is 16.7 Å². The predicted octanol–water partition coefficient (Wildman–Crippen LogP) is 5.23. The van der Waals surface area contributed by atoms with Crippen LogP contribution in [0.2, 0.25) is 0 Å². The fourth-order valence-corrected chi connectivity index (χ4v) is 2.25. The maximum Gasteiger partial charge on any atom is 0.123 e. The van der Waals surface area contributed by atoms with Crippen molar-refractivity contribution in [1.82, 2.24) is 0 Å². The number of hydrogen-bond donors (Lipinski definition) is 0. The zero-order valence-electron chi connectivity index (χ0n) is 10.0. The fraction of sp³-hybridized carbons (Fsp3) is 0.286. The lowest BCUT2D eigenvalue weighted by Gasteiger charge is -2.11. The number of rotatable bonds is 4. The molecule has 0 atom stereocenters. The number of halogens is 1. The molecular weight excluding hydrogens is 219 g/mol. The highest BCUT2D eigenvalue weighted by molar-refractivity contribution is 8.11. The molecule has 0 nitrogen and oxygen atoms in total. The van der Waals surface area contributed by atoms with E-state index >= 15 is 0 Å². The second-order valence-electron chi connectivity index (χ2n) is 3.77. The summed E-state index contributed by atoms with van der Waals surface area (Å²) in [6.07, 6.45) is 0.993. The summed E-state index contributed by atoms with van der Waals surface area (Å²) in [4.78, 5) is 2.24. The van der Waals surface area contributed by atoms with Gasteiger partial charge in [0.2, 0.25) is 0 Å². The first-order valence-corrected chi connectivity index (χ1v) is 6.15. The number of allylic oxidation sites excluding steroid dienone is 2. The van der Waals surface area contributed by atoms with Gasteiger partial charge >= 0.3 is 0 Å². The SMILES string of the molecule is C=C(C)S/C(=C(\C)CC)c1ccc(F)cc1. The van der Waals surface area contributed by atoms with Crippen LogP contribution in [0.5, 0.6) is 0 Å². The van der Waals surface area contributed by atoms with E-state index in [1.807, 2.05) is 19.1 Å². The van der Waals surface area contributed by atoms with E-state index < -0.39 is 0 Å². The van der Waals surface area contributed by atoms with Crippen LogP contribution in [-0.2, 0) is 0 Å². The van der Waals surface area contributed by atoms with Crippen molar-refractivity contribution in [1.29, 1.82) is 0 Å². The van der Waals surface area contributed by atoms with E-state index in [1.54, 1.807) is 11.8 Å². The number of thioether (sulfide) groups is 1. The van der Waals surface area contributed by atoms with Gasteiger partial charge in [0.1, 0.15) is 5.82 Å². The predicted molar refractivity (Wildman–Crippen MR) is 71.7 cm³/mol. The highest BCUT2D eigenvalue weighted by Crippen LogP contribution is 2.36. The molecule has 0 aliphatic heterocycles. The van der Waals surface area contributed by atoms with Gasteiger partial charge in [-0.25, -0.2) is 4.39 Å². The summed E-state index contributed by atoms with van der Waals surface area (Å²) in [7, 11) is 0. The first-order chi connectivity index (χ1) is 7.54. The molecule has 16 heavy (non-hydrogen) atoms. The zero-order chi connectivity index (χ0) is 12.1. The molecule has 0 aromatic heterocycles. The summed E-state index contributed by atoms with van der Waals surface area (Å²) in [5.41, 5.74) is 2.37. The van der Waals surface area contributed by atoms with Crippen LogP contribution >= 0.6 is 11.8 Å². The Labute approximate surface area is 101 Å². The molecule has 0 bridgehead atoms. The molecule has 0 saturated carbocycles. The van der Waals surface area contributed by atoms with Crippen molar-refractivity contribution in [3.63, 3.8) is 0 Å². The van der Waals surface area contributed by atoms with E-state index in [-0.39, 0.29) is 5.82 Å². The molecule has 1 aromatic rings. The largest absolute Gasteiger partial charge is 0.207 e. The maximum atomic E-state index is 12.9. The molecule has 86 valence electrons. The third-order valence-corrected chi connectivity index (χ3v) is 3.44. The monoisotopic (exact) mass is 236 g/mol. The van der Waals surface area contributed by atoms with Gasteiger partial charge in [0.15, 0.2) is 0 Å². The van der Waals surface area contributed by atoms with Gasteiger partial charge in [-0.3, -0.25) is 0 Å². The van der Waals surface area contributed by atoms with E-state index in [1.165, 1.54) is 22.6 Å². The average Bonchev–Trinajstić information content (AvgIpc) is 2.26. The Bertz CT molecular complexity index is 401. The van der Waals surface area contributed by atoms with Crippen molar-refractivity contribution in [2.45, 2.75) is 27.2 Å². The fourth-order valence-electron chi connectivity index (χ4n) is 1.33. The normalized spacial score (nSPS) is 12.2. The van der Waals surface area contributed by atoms with E-state index in [0.29, 0.717) is 0 Å². The van der Waals surface area contributed by atoms with E-state index in [9.17, 15) is 4.39 Å². The van der Waals surface area contributed by atoms with Crippen molar-refractivity contribution in [3.05, 3.63) is 52.7 Å². The second kappa shape index (κ2) is 5.90. The minimum absolute atomic E-state index is 0.197. The molecular formula is C14H17FS. The van der Waals surface area contributed by atoms with Crippen molar-refractivity contribution < 1.29 is 4.39 Å². The Kier molecular flexibility index (Phi) is 4.81. The number of benzene rings is 1. The molecule has 0 unspecified atom stereocenters. The lowest BCUT2D eigenvalue weighted by atomic mass is 10.1. The molecule has 2 heteroatoms. The van der Waals surface area contributed by atoms with E-state index in [4.69, 9.17) is 0 Å². The van der Waals surface area contributed by atoms with Crippen LogP contribution in [0.25, 0.3) is 4.91 Å². The highest BCUT2D eigenvalue weighted by Gasteiger charge is 2.06. The van der Waals surface area contributed by atoms with E-state index in [0.717, 1.165) is 16.9 Å². The second-order valence-corrected chi connectivity index (χ2v) is 5.08. The molecule has 0 N–H and O–H groups in total. The van der Waals surface area contributed by atoms with Gasteiger partial charge in [0.25, 0.3) is 0 Å². The molecule has 0 heterocycles. The Hall–Kier alpha value is -1.02. The average molecular weight is 236 g/mol. The molecule has 0 aliphatic rings. The van der Waals surface area contributed by atoms with Gasteiger partial charge in [-0.1, -0.05) is 43.0 Å². The topological polar surface area (TPSA) is 0 Å². The first kappa shape index (κ1) is 13.0. The Morgan fingerprint density at radius 2 is 1.81 bits per heavy atom. The summed E-state index contributed by atoms with van der Waals surface area (Å²) < 4.78 is 12.9. The van der Waals surface area contributed by atoms with Crippen LogP contribution in [0.15, 0.2) is 41.3 Å². The van der Waals surface area contributed by atoms with Gasteiger partial charge in [0, 0.05) is 4.91 Å². The van der Waals surface area contributed by atoms with Gasteiger partial charge < -0.3 is 0 Å². The Morgan fingerprint density at radius 1 is 1.25 bits per heavy atom. The quantitative estimate of drug-likeness (QED) is 0.689. The van der Waals surface area contributed by atoms with E-state index in [2.05, 4.69) is 20.4 Å². The van der Waals surface area contributed by atoms with Gasteiger partial charge in [-0.2, -0.15) is 0 Å². The number of hydrogen-bond acceptors (Lipinski definition) is 1. The van der Waals surface area contributed by atoms with Crippen LogP contribution in [-0.4, -0.2) is 0 Å². The first-order valence-electron chi connectivity index (χ1n) is 5.33. The van der Waals surface area contributed by atoms with Crippen LogP contribution in [0, 0.1) is 5.82 Å². The van der Waals surface area contributed by atoms with Crippen molar-refractivity contribution in [3.8, 4) is 0 Å². The molecule has 0 radical (unpaired) electrons. The van der Waals surface area contributed by atoms with Gasteiger partial charge in [-0.05, 0) is 42.9 Å². The molecule has 0 fully saturated rings. The smallest absolute Gasteiger partial charge is 0.123 e. The third kappa shape index (κ3) is 3.53. The van der Waals surface area contributed by atoms with Crippen molar-refractivity contribution in [2.75, 3.05) is 0 Å². The third-order valence-electron chi connectivity index (χ3n) is 2.30. The molecule has 1 aromatic carbocycles. The lowest BCUT2D eigenvalue weighted by molar-refractivity contribution is 0.627. The summed E-state index contributed by atoms with van der Waals surface area (Å²) >= 11 is 1.65. The summed E-state index contributed by atoms with van der Waals surface area (Å²) in [5.74, 6) is -0.197. The molecule has 0 saturated heterocycles. The molecule has 0 amide bonds. The minimum Gasteiger partial charge on any atom is -0.207 e. The molecule has 0 spiro atoms. The van der Waals surface area contributed by atoms with Crippen LogP contribution < -0.4 is 0 Å². The van der Waals surface area contributed by atoms with Crippen LogP contribution in [0.1, 0.15) is 32.8 Å². The van der Waals surface area contributed by atoms with Gasteiger partial charge in [-0.15, -0.1) is 0 Å². The Morgan fingerprint density at radius 3 is 2.25 bits per heavy atom. The maximum absolute atomic E-state index is 12.9. The van der Waals surface area contributed by atoms with Crippen LogP contribution in [0.4, 0.5) is 4.39 Å². The minimum atomic E-state index is -0.197. The van der Waals surface area contributed by atoms with Crippen LogP contribution in [0.3, 0.4) is 0 Å². The van der Waals surface area contributed by atoms with Crippen molar-refractivity contribution in [2.24, 2.45) is 0 Å². The summed E-state index contributed by atoms with van der Waals surface area (Å²) in [6.45, 7) is 10.1.